The van der Waals surface area contributed by atoms with Crippen molar-refractivity contribution >= 4 is 69.5 Å². The fourth-order valence-electron chi connectivity index (χ4n) is 1.67. The SMILES string of the molecule is O=C(O)CCN1C(=O)/C(=C/c2cccc(Cl)c2Cl)SC1=S. The maximum absolute atomic E-state index is 12.2. The van der Waals surface area contributed by atoms with Gasteiger partial charge in [-0.15, -0.1) is 0 Å². The molecule has 0 aliphatic carbocycles. The zero-order chi connectivity index (χ0) is 15.6. The minimum absolute atomic E-state index is 0.0562. The number of benzene rings is 1. The van der Waals surface area contributed by atoms with Crippen molar-refractivity contribution in [1.29, 1.82) is 0 Å². The molecule has 8 heteroatoms. The number of nitrogens with zero attached hydrogens (tertiary/aromatic N) is 1. The average Bonchev–Trinajstić information content (AvgIpc) is 2.68. The number of halogens is 2. The van der Waals surface area contributed by atoms with Gasteiger partial charge < -0.3 is 5.11 Å². The molecule has 110 valence electrons. The van der Waals surface area contributed by atoms with E-state index < -0.39 is 5.97 Å². The third-order valence-electron chi connectivity index (χ3n) is 2.69. The number of hydrogen-bond donors (Lipinski definition) is 1. The van der Waals surface area contributed by atoms with Crippen LogP contribution in [-0.2, 0) is 9.59 Å². The van der Waals surface area contributed by atoms with Gasteiger partial charge in [0, 0.05) is 6.54 Å². The second-order valence-corrected chi connectivity index (χ2v) is 6.58. The van der Waals surface area contributed by atoms with E-state index in [1.54, 1.807) is 24.3 Å². The summed E-state index contributed by atoms with van der Waals surface area (Å²) in [6.45, 7) is 0.0562. The number of carboxylic acids is 1. The molecule has 0 bridgehead atoms. The fraction of sp³-hybridized carbons (Fsp3) is 0.154. The lowest BCUT2D eigenvalue weighted by Crippen LogP contribution is -2.30. The molecule has 1 amide bonds. The molecule has 1 aromatic carbocycles. The van der Waals surface area contributed by atoms with Crippen LogP contribution in [0.2, 0.25) is 10.0 Å². The van der Waals surface area contributed by atoms with E-state index in [9.17, 15) is 9.59 Å². The summed E-state index contributed by atoms with van der Waals surface area (Å²) in [6.07, 6.45) is 1.45. The van der Waals surface area contributed by atoms with Crippen LogP contribution in [0, 0.1) is 0 Å². The highest BCUT2D eigenvalue weighted by atomic mass is 35.5. The minimum atomic E-state index is -0.981. The highest BCUT2D eigenvalue weighted by Crippen LogP contribution is 2.35. The molecule has 1 heterocycles. The van der Waals surface area contributed by atoms with Gasteiger partial charge in [-0.2, -0.15) is 0 Å². The van der Waals surface area contributed by atoms with Gasteiger partial charge >= 0.3 is 5.97 Å². The smallest absolute Gasteiger partial charge is 0.305 e. The van der Waals surface area contributed by atoms with Crippen molar-refractivity contribution in [2.75, 3.05) is 6.54 Å². The van der Waals surface area contributed by atoms with Crippen LogP contribution >= 0.6 is 47.2 Å². The zero-order valence-corrected chi connectivity index (χ0v) is 13.7. The molecule has 0 saturated carbocycles. The van der Waals surface area contributed by atoms with Crippen molar-refractivity contribution in [2.45, 2.75) is 6.42 Å². The summed E-state index contributed by atoms with van der Waals surface area (Å²) in [5, 5.41) is 9.43. The molecule has 2 rings (SSSR count). The van der Waals surface area contributed by atoms with Gasteiger partial charge in [0.05, 0.1) is 21.4 Å². The normalized spacial score (nSPS) is 16.9. The largest absolute Gasteiger partial charge is 0.481 e. The number of amides is 1. The van der Waals surface area contributed by atoms with Crippen LogP contribution in [0.15, 0.2) is 23.1 Å². The van der Waals surface area contributed by atoms with E-state index in [0.29, 0.717) is 24.8 Å². The van der Waals surface area contributed by atoms with Crippen LogP contribution < -0.4 is 0 Å². The maximum atomic E-state index is 12.2. The van der Waals surface area contributed by atoms with Gasteiger partial charge in [-0.25, -0.2) is 0 Å². The van der Waals surface area contributed by atoms with Crippen LogP contribution in [0.5, 0.6) is 0 Å². The Morgan fingerprint density at radius 3 is 2.81 bits per heavy atom. The number of thioether (sulfide) groups is 1. The van der Waals surface area contributed by atoms with Crippen LogP contribution in [0.3, 0.4) is 0 Å². The number of hydrogen-bond acceptors (Lipinski definition) is 4. The van der Waals surface area contributed by atoms with E-state index in [2.05, 4.69) is 0 Å². The molecule has 1 aliphatic heterocycles. The summed E-state index contributed by atoms with van der Waals surface area (Å²) >= 11 is 18.2. The predicted octanol–water partition coefficient (Wildman–Crippen LogP) is 3.67. The van der Waals surface area contributed by atoms with Crippen molar-refractivity contribution < 1.29 is 14.7 Å². The first-order valence-electron chi connectivity index (χ1n) is 5.81. The molecule has 0 aromatic heterocycles. The van der Waals surface area contributed by atoms with Crippen molar-refractivity contribution in [1.82, 2.24) is 4.90 Å². The number of aliphatic carboxylic acids is 1. The standard InChI is InChI=1S/C13H9Cl2NO3S2/c14-8-3-1-2-7(11(8)15)6-9-12(19)16(13(20)21-9)5-4-10(17)18/h1-3,6H,4-5H2,(H,17,18)/b9-6-. The van der Waals surface area contributed by atoms with E-state index in [0.717, 1.165) is 11.8 Å². The Bertz CT molecular complexity index is 661. The zero-order valence-electron chi connectivity index (χ0n) is 10.5. The summed E-state index contributed by atoms with van der Waals surface area (Å²) in [7, 11) is 0. The van der Waals surface area contributed by atoms with E-state index in [1.807, 2.05) is 0 Å². The van der Waals surface area contributed by atoms with Crippen molar-refractivity contribution in [3.63, 3.8) is 0 Å². The Labute approximate surface area is 140 Å². The lowest BCUT2D eigenvalue weighted by atomic mass is 10.2. The summed E-state index contributed by atoms with van der Waals surface area (Å²) in [5.41, 5.74) is 0.614. The minimum Gasteiger partial charge on any atom is -0.481 e. The van der Waals surface area contributed by atoms with E-state index in [-0.39, 0.29) is 18.9 Å². The number of carbonyl (C=O) groups is 2. The van der Waals surface area contributed by atoms with Gasteiger partial charge in [0.1, 0.15) is 4.32 Å². The Morgan fingerprint density at radius 2 is 2.14 bits per heavy atom. The van der Waals surface area contributed by atoms with Crippen molar-refractivity contribution in [2.24, 2.45) is 0 Å². The molecule has 0 unspecified atom stereocenters. The van der Waals surface area contributed by atoms with Crippen LogP contribution in [-0.4, -0.2) is 32.7 Å². The van der Waals surface area contributed by atoms with E-state index >= 15 is 0 Å². The Hall–Kier alpha value is -1.08. The molecule has 1 aliphatic rings. The maximum Gasteiger partial charge on any atom is 0.305 e. The molecule has 1 fully saturated rings. The fourth-order valence-corrected chi connectivity index (χ4v) is 3.34. The highest BCUT2D eigenvalue weighted by Gasteiger charge is 2.32. The van der Waals surface area contributed by atoms with Crippen molar-refractivity contribution in [3.05, 3.63) is 38.7 Å². The van der Waals surface area contributed by atoms with Gasteiger partial charge in [-0.05, 0) is 17.7 Å². The number of rotatable bonds is 4. The summed E-state index contributed by atoms with van der Waals surface area (Å²) in [5.74, 6) is -1.30. The van der Waals surface area contributed by atoms with Gasteiger partial charge in [-0.1, -0.05) is 59.3 Å². The molecule has 0 atom stereocenters. The van der Waals surface area contributed by atoms with Crippen molar-refractivity contribution in [3.8, 4) is 0 Å². The quantitative estimate of drug-likeness (QED) is 0.654. The predicted molar refractivity (Wildman–Crippen MR) is 88.6 cm³/mol. The molecule has 0 radical (unpaired) electrons. The monoisotopic (exact) mass is 361 g/mol. The Morgan fingerprint density at radius 1 is 1.43 bits per heavy atom. The second-order valence-electron chi connectivity index (χ2n) is 4.12. The van der Waals surface area contributed by atoms with Gasteiger partial charge in [-0.3, -0.25) is 14.5 Å². The van der Waals surface area contributed by atoms with Gasteiger partial charge in [0.2, 0.25) is 0 Å². The molecule has 4 nitrogen and oxygen atoms in total. The number of carboxylic acid groups (broad SMARTS) is 1. The summed E-state index contributed by atoms with van der Waals surface area (Å²) in [6, 6.07) is 5.11. The lowest BCUT2D eigenvalue weighted by Gasteiger charge is -2.12. The molecule has 21 heavy (non-hydrogen) atoms. The first-order valence-corrected chi connectivity index (χ1v) is 7.79. The molecular weight excluding hydrogens is 353 g/mol. The first kappa shape index (κ1) is 16.3. The molecule has 1 saturated heterocycles. The first-order chi connectivity index (χ1) is 9.90. The Balaban J connectivity index is 2.24. The highest BCUT2D eigenvalue weighted by molar-refractivity contribution is 8.26. The molecule has 0 spiro atoms. The topological polar surface area (TPSA) is 57.6 Å². The van der Waals surface area contributed by atoms with Gasteiger partial charge in [0.25, 0.3) is 5.91 Å². The molecule has 1 N–H and O–H groups in total. The summed E-state index contributed by atoms with van der Waals surface area (Å²) < 4.78 is 0.339. The van der Waals surface area contributed by atoms with Crippen LogP contribution in [0.25, 0.3) is 6.08 Å². The molecular formula is C13H9Cl2NO3S2. The third-order valence-corrected chi connectivity index (χ3v) is 4.90. The molecule has 1 aromatic rings. The van der Waals surface area contributed by atoms with Gasteiger partial charge in [0.15, 0.2) is 0 Å². The van der Waals surface area contributed by atoms with E-state index in [1.165, 1.54) is 4.90 Å². The van der Waals surface area contributed by atoms with Crippen LogP contribution in [0.4, 0.5) is 0 Å². The van der Waals surface area contributed by atoms with E-state index in [4.69, 9.17) is 40.5 Å². The summed E-state index contributed by atoms with van der Waals surface area (Å²) in [4.78, 5) is 24.5. The lowest BCUT2D eigenvalue weighted by molar-refractivity contribution is -0.137. The number of thiocarbonyl (C=S) groups is 1. The second kappa shape index (κ2) is 6.79. The Kier molecular flexibility index (Phi) is 5.27. The average molecular weight is 362 g/mol. The third kappa shape index (κ3) is 3.77. The number of carbonyl (C=O) groups excluding carboxylic acids is 1. The van der Waals surface area contributed by atoms with Crippen LogP contribution in [0.1, 0.15) is 12.0 Å².